The van der Waals surface area contributed by atoms with E-state index in [0.717, 1.165) is 18.7 Å². The SMILES string of the molecule is CC(=O)OC(OC(C)=O)[C@@]12C=C[C@@H](O1)[C@H]1C(=O)N(c3ccc(Cl)cc3Cl)C(=O)[C@H]12. The van der Waals surface area contributed by atoms with Gasteiger partial charge in [0.2, 0.25) is 11.8 Å². The van der Waals surface area contributed by atoms with Crippen LogP contribution < -0.4 is 4.90 Å². The van der Waals surface area contributed by atoms with Crippen molar-refractivity contribution >= 4 is 52.6 Å². The summed E-state index contributed by atoms with van der Waals surface area (Å²) in [6.07, 6.45) is 0.847. The van der Waals surface area contributed by atoms with Gasteiger partial charge in [0.15, 0.2) is 5.60 Å². The Morgan fingerprint density at radius 1 is 1.14 bits per heavy atom. The molecule has 29 heavy (non-hydrogen) atoms. The fourth-order valence-corrected chi connectivity index (χ4v) is 4.61. The molecule has 2 amide bonds. The van der Waals surface area contributed by atoms with Gasteiger partial charge >= 0.3 is 11.9 Å². The van der Waals surface area contributed by atoms with Crippen LogP contribution in [0, 0.1) is 11.8 Å². The standard InChI is InChI=1S/C19H15Cl2NO7/c1-8(23)27-18(28-9(2)24)19-6-5-13(29-19)14-15(19)17(26)22(16(14)25)12-4-3-10(20)7-11(12)21/h3-7,13-15,18H,1-2H3/t13-,14-,15+,19+/m1/s1. The minimum atomic E-state index is -1.60. The number of anilines is 1. The van der Waals surface area contributed by atoms with Crippen molar-refractivity contribution in [3.63, 3.8) is 0 Å². The van der Waals surface area contributed by atoms with E-state index >= 15 is 0 Å². The number of hydrogen-bond donors (Lipinski definition) is 0. The van der Waals surface area contributed by atoms with E-state index in [2.05, 4.69) is 0 Å². The number of fused-ring (bicyclic) bond motifs is 5. The Bertz CT molecular complexity index is 961. The summed E-state index contributed by atoms with van der Waals surface area (Å²) in [5, 5.41) is 0.482. The Morgan fingerprint density at radius 2 is 1.79 bits per heavy atom. The Hall–Kier alpha value is -2.42. The quantitative estimate of drug-likeness (QED) is 0.307. The monoisotopic (exact) mass is 439 g/mol. The fourth-order valence-electron chi connectivity index (χ4n) is 4.12. The number of carbonyl (C=O) groups excluding carboxylic acids is 4. The van der Waals surface area contributed by atoms with Gasteiger partial charge < -0.3 is 14.2 Å². The summed E-state index contributed by atoms with van der Waals surface area (Å²) < 4.78 is 16.2. The Morgan fingerprint density at radius 3 is 2.38 bits per heavy atom. The maximum atomic E-state index is 13.3. The van der Waals surface area contributed by atoms with Crippen LogP contribution in [0.2, 0.25) is 10.0 Å². The molecule has 0 aromatic heterocycles. The van der Waals surface area contributed by atoms with E-state index in [0.29, 0.717) is 5.02 Å². The molecule has 3 heterocycles. The number of hydrogen-bond acceptors (Lipinski definition) is 7. The van der Waals surface area contributed by atoms with Crippen molar-refractivity contribution < 1.29 is 33.4 Å². The molecule has 4 rings (SSSR count). The van der Waals surface area contributed by atoms with E-state index in [1.54, 1.807) is 6.08 Å². The molecule has 1 aromatic carbocycles. The zero-order chi connectivity index (χ0) is 21.1. The number of amides is 2. The van der Waals surface area contributed by atoms with E-state index in [1.807, 2.05) is 0 Å². The van der Waals surface area contributed by atoms with Crippen molar-refractivity contribution in [3.8, 4) is 0 Å². The smallest absolute Gasteiger partial charge is 0.305 e. The normalized spacial score (nSPS) is 29.6. The van der Waals surface area contributed by atoms with Gasteiger partial charge in [-0.2, -0.15) is 0 Å². The third-order valence-electron chi connectivity index (χ3n) is 5.14. The molecule has 1 aromatic rings. The van der Waals surface area contributed by atoms with Crippen LogP contribution in [0.15, 0.2) is 30.4 Å². The van der Waals surface area contributed by atoms with Gasteiger partial charge in [-0.1, -0.05) is 29.3 Å². The van der Waals surface area contributed by atoms with Gasteiger partial charge in [-0.3, -0.25) is 19.2 Å². The molecule has 10 heteroatoms. The van der Waals surface area contributed by atoms with E-state index in [4.69, 9.17) is 37.4 Å². The minimum Gasteiger partial charge on any atom is -0.422 e. The van der Waals surface area contributed by atoms with Gasteiger partial charge in [-0.25, -0.2) is 4.90 Å². The summed E-state index contributed by atoms with van der Waals surface area (Å²) in [5.41, 5.74) is -1.42. The average molecular weight is 440 g/mol. The van der Waals surface area contributed by atoms with Gasteiger partial charge in [0.25, 0.3) is 6.29 Å². The van der Waals surface area contributed by atoms with E-state index in [1.165, 1.54) is 24.3 Å². The van der Waals surface area contributed by atoms with Gasteiger partial charge in [0.05, 0.1) is 28.6 Å². The predicted molar refractivity (Wildman–Crippen MR) is 100.0 cm³/mol. The molecule has 3 aliphatic rings. The third kappa shape index (κ3) is 2.94. The second-order valence-electron chi connectivity index (χ2n) is 6.96. The molecule has 8 nitrogen and oxygen atoms in total. The van der Waals surface area contributed by atoms with Crippen LogP contribution in [-0.2, 0) is 33.4 Å². The van der Waals surface area contributed by atoms with Crippen molar-refractivity contribution in [3.05, 3.63) is 40.4 Å². The third-order valence-corrected chi connectivity index (χ3v) is 5.68. The number of imide groups is 1. The van der Waals surface area contributed by atoms with Crippen molar-refractivity contribution in [1.29, 1.82) is 0 Å². The van der Waals surface area contributed by atoms with Crippen molar-refractivity contribution in [2.75, 3.05) is 4.90 Å². The Labute approximate surface area is 175 Å². The summed E-state index contributed by atoms with van der Waals surface area (Å²) in [6.45, 7) is 2.27. The number of ether oxygens (including phenoxy) is 3. The van der Waals surface area contributed by atoms with E-state index in [-0.39, 0.29) is 10.7 Å². The number of benzene rings is 1. The summed E-state index contributed by atoms with van der Waals surface area (Å²) >= 11 is 12.1. The molecule has 4 atom stereocenters. The Kier molecular flexibility index (Phi) is 4.68. The van der Waals surface area contributed by atoms with Gasteiger partial charge in [0.1, 0.15) is 0 Å². The first kappa shape index (κ1) is 19.9. The first-order chi connectivity index (χ1) is 13.7. The number of halogens is 2. The highest BCUT2D eigenvalue weighted by molar-refractivity contribution is 6.38. The zero-order valence-corrected chi connectivity index (χ0v) is 16.8. The molecule has 0 aliphatic carbocycles. The number of rotatable bonds is 4. The van der Waals surface area contributed by atoms with Crippen LogP contribution >= 0.6 is 23.2 Å². The van der Waals surface area contributed by atoms with Gasteiger partial charge in [0, 0.05) is 18.9 Å². The second kappa shape index (κ2) is 6.83. The van der Waals surface area contributed by atoms with E-state index < -0.39 is 53.6 Å². The minimum absolute atomic E-state index is 0.131. The highest BCUT2D eigenvalue weighted by Gasteiger charge is 2.72. The first-order valence-electron chi connectivity index (χ1n) is 8.70. The van der Waals surface area contributed by atoms with Crippen LogP contribution in [0.25, 0.3) is 0 Å². The highest BCUT2D eigenvalue weighted by Crippen LogP contribution is 2.55. The number of nitrogens with zero attached hydrogens (tertiary/aromatic N) is 1. The molecule has 3 aliphatic heterocycles. The van der Waals surface area contributed by atoms with Crippen molar-refractivity contribution in [2.45, 2.75) is 31.8 Å². The fraction of sp³-hybridized carbons (Fsp3) is 0.368. The molecule has 0 spiro atoms. The molecular formula is C19H15Cl2NO7. The molecular weight excluding hydrogens is 425 g/mol. The molecule has 0 saturated carbocycles. The second-order valence-corrected chi connectivity index (χ2v) is 7.80. The Balaban J connectivity index is 1.76. The molecule has 2 fully saturated rings. The highest BCUT2D eigenvalue weighted by atomic mass is 35.5. The van der Waals surface area contributed by atoms with Crippen LogP contribution in [-0.4, -0.2) is 41.7 Å². The lowest BCUT2D eigenvalue weighted by molar-refractivity contribution is -0.226. The van der Waals surface area contributed by atoms with Crippen LogP contribution in [0.4, 0.5) is 5.69 Å². The molecule has 2 bridgehead atoms. The lowest BCUT2D eigenvalue weighted by atomic mass is 9.76. The summed E-state index contributed by atoms with van der Waals surface area (Å²) in [4.78, 5) is 50.6. The maximum Gasteiger partial charge on any atom is 0.305 e. The maximum absolute atomic E-state index is 13.3. The van der Waals surface area contributed by atoms with Crippen LogP contribution in [0.3, 0.4) is 0 Å². The lowest BCUT2D eigenvalue weighted by Crippen LogP contribution is -2.52. The molecule has 2 saturated heterocycles. The van der Waals surface area contributed by atoms with Gasteiger partial charge in [-0.05, 0) is 24.3 Å². The van der Waals surface area contributed by atoms with E-state index in [9.17, 15) is 19.2 Å². The summed E-state index contributed by atoms with van der Waals surface area (Å²) in [6, 6.07) is 4.41. The van der Waals surface area contributed by atoms with Crippen molar-refractivity contribution in [1.82, 2.24) is 0 Å². The molecule has 152 valence electrons. The topological polar surface area (TPSA) is 99.2 Å². The molecule has 0 unspecified atom stereocenters. The first-order valence-corrected chi connectivity index (χ1v) is 9.46. The van der Waals surface area contributed by atoms with Crippen molar-refractivity contribution in [2.24, 2.45) is 11.8 Å². The average Bonchev–Trinajstić information content (AvgIpc) is 3.26. The predicted octanol–water partition coefficient (Wildman–Crippen LogP) is 2.26. The van der Waals surface area contributed by atoms with Crippen LogP contribution in [0.5, 0.6) is 0 Å². The zero-order valence-electron chi connectivity index (χ0n) is 15.3. The molecule has 0 radical (unpaired) electrons. The lowest BCUT2D eigenvalue weighted by Gasteiger charge is -2.34. The summed E-state index contributed by atoms with van der Waals surface area (Å²) in [7, 11) is 0. The number of esters is 2. The number of carbonyl (C=O) groups is 4. The largest absolute Gasteiger partial charge is 0.422 e. The molecule has 0 N–H and O–H groups in total. The van der Waals surface area contributed by atoms with Crippen LogP contribution in [0.1, 0.15) is 13.8 Å². The summed E-state index contributed by atoms with van der Waals surface area (Å²) in [5.74, 6) is -4.49. The van der Waals surface area contributed by atoms with Gasteiger partial charge in [-0.15, -0.1) is 0 Å².